The molecule has 1 aromatic heterocycles. The number of carbonyl (C=O) groups excluding carboxylic acids is 1. The van der Waals surface area contributed by atoms with Gasteiger partial charge in [-0.1, -0.05) is 12.1 Å². The van der Waals surface area contributed by atoms with E-state index in [1.54, 1.807) is 36.3 Å². The Morgan fingerprint density at radius 2 is 2.04 bits per heavy atom. The number of pyridine rings is 1. The van der Waals surface area contributed by atoms with E-state index in [2.05, 4.69) is 16.8 Å². The molecule has 1 saturated heterocycles. The number of aromatic nitrogens is 1. The number of rotatable bonds is 4. The largest absolute Gasteiger partial charge is 0.508 e. The van der Waals surface area contributed by atoms with Gasteiger partial charge in [0.15, 0.2) is 0 Å². The zero-order chi connectivity index (χ0) is 17.8. The zero-order valence-corrected chi connectivity index (χ0v) is 14.9. The Kier molecular flexibility index (Phi) is 5.22. The van der Waals surface area contributed by atoms with Gasteiger partial charge in [-0.05, 0) is 56.0 Å². The van der Waals surface area contributed by atoms with E-state index in [0.717, 1.165) is 17.9 Å². The summed E-state index contributed by atoms with van der Waals surface area (Å²) in [5.41, 5.74) is 1.64. The van der Waals surface area contributed by atoms with Crippen LogP contribution in [0.25, 0.3) is 0 Å². The summed E-state index contributed by atoms with van der Waals surface area (Å²) >= 11 is 0. The first kappa shape index (κ1) is 17.3. The number of benzene rings is 1. The summed E-state index contributed by atoms with van der Waals surface area (Å²) in [7, 11) is 1.79. The fourth-order valence-electron chi connectivity index (χ4n) is 3.31. The molecule has 1 amide bonds. The highest BCUT2D eigenvalue weighted by Gasteiger charge is 2.21. The van der Waals surface area contributed by atoms with Gasteiger partial charge in [-0.2, -0.15) is 0 Å². The SMILES string of the molecule is C[C@H]1CCCCN1c1cc(C(=O)N(C)Cc2ccc(O)cc2)ccn1. The average Bonchev–Trinajstić information content (AvgIpc) is 2.63. The smallest absolute Gasteiger partial charge is 0.254 e. The van der Waals surface area contributed by atoms with Gasteiger partial charge in [-0.25, -0.2) is 4.98 Å². The molecule has 132 valence electrons. The molecule has 1 aromatic carbocycles. The highest BCUT2D eigenvalue weighted by atomic mass is 16.3. The second-order valence-electron chi connectivity index (χ2n) is 6.77. The van der Waals surface area contributed by atoms with Gasteiger partial charge in [0.1, 0.15) is 11.6 Å². The lowest BCUT2D eigenvalue weighted by atomic mass is 10.0. The first-order valence-corrected chi connectivity index (χ1v) is 8.80. The number of aromatic hydroxyl groups is 1. The molecule has 0 radical (unpaired) electrons. The van der Waals surface area contributed by atoms with Crippen molar-refractivity contribution < 1.29 is 9.90 Å². The minimum absolute atomic E-state index is 0.0265. The third-order valence-electron chi connectivity index (χ3n) is 4.79. The summed E-state index contributed by atoms with van der Waals surface area (Å²) in [6.07, 6.45) is 5.31. The van der Waals surface area contributed by atoms with Crippen LogP contribution in [0, 0.1) is 0 Å². The molecule has 0 bridgehead atoms. The van der Waals surface area contributed by atoms with Crippen molar-refractivity contribution in [3.63, 3.8) is 0 Å². The summed E-state index contributed by atoms with van der Waals surface area (Å²) in [6.45, 7) is 3.71. The van der Waals surface area contributed by atoms with E-state index in [4.69, 9.17) is 0 Å². The fraction of sp³-hybridized carbons (Fsp3) is 0.400. The van der Waals surface area contributed by atoms with E-state index in [0.29, 0.717) is 18.2 Å². The van der Waals surface area contributed by atoms with Gasteiger partial charge < -0.3 is 14.9 Å². The molecule has 1 N–H and O–H groups in total. The Morgan fingerprint density at radius 1 is 1.28 bits per heavy atom. The molecule has 25 heavy (non-hydrogen) atoms. The van der Waals surface area contributed by atoms with Gasteiger partial charge in [0.25, 0.3) is 5.91 Å². The molecule has 3 rings (SSSR count). The molecular weight excluding hydrogens is 314 g/mol. The van der Waals surface area contributed by atoms with Crippen LogP contribution in [0.2, 0.25) is 0 Å². The van der Waals surface area contributed by atoms with Gasteiger partial charge >= 0.3 is 0 Å². The van der Waals surface area contributed by atoms with E-state index in [1.165, 1.54) is 19.3 Å². The monoisotopic (exact) mass is 339 g/mol. The van der Waals surface area contributed by atoms with E-state index < -0.39 is 0 Å². The third-order valence-corrected chi connectivity index (χ3v) is 4.79. The van der Waals surface area contributed by atoms with Crippen LogP contribution in [0.15, 0.2) is 42.6 Å². The van der Waals surface area contributed by atoms with Crippen LogP contribution in [0.3, 0.4) is 0 Å². The van der Waals surface area contributed by atoms with Crippen LogP contribution < -0.4 is 4.90 Å². The minimum atomic E-state index is -0.0265. The molecule has 0 spiro atoms. The molecule has 2 aromatic rings. The van der Waals surface area contributed by atoms with Crippen molar-refractivity contribution in [3.05, 3.63) is 53.7 Å². The summed E-state index contributed by atoms with van der Waals surface area (Å²) in [6, 6.07) is 11.1. The summed E-state index contributed by atoms with van der Waals surface area (Å²) in [4.78, 5) is 21.2. The number of phenols is 1. The van der Waals surface area contributed by atoms with Crippen molar-refractivity contribution in [2.45, 2.75) is 38.8 Å². The van der Waals surface area contributed by atoms with Crippen molar-refractivity contribution in [2.75, 3.05) is 18.5 Å². The van der Waals surface area contributed by atoms with E-state index in [1.807, 2.05) is 18.2 Å². The molecule has 1 atom stereocenters. The first-order valence-electron chi connectivity index (χ1n) is 8.80. The quantitative estimate of drug-likeness (QED) is 0.927. The summed E-state index contributed by atoms with van der Waals surface area (Å²) < 4.78 is 0. The average molecular weight is 339 g/mol. The van der Waals surface area contributed by atoms with E-state index in [9.17, 15) is 9.90 Å². The molecule has 1 fully saturated rings. The molecule has 5 heteroatoms. The molecular formula is C20H25N3O2. The van der Waals surface area contributed by atoms with Gasteiger partial charge in [0.05, 0.1) is 0 Å². The van der Waals surface area contributed by atoms with Crippen LogP contribution in [0.4, 0.5) is 5.82 Å². The number of anilines is 1. The van der Waals surface area contributed by atoms with E-state index >= 15 is 0 Å². The van der Waals surface area contributed by atoms with Gasteiger partial charge in [-0.15, -0.1) is 0 Å². The number of piperidine rings is 1. The molecule has 5 nitrogen and oxygen atoms in total. The molecule has 0 aliphatic carbocycles. The number of amides is 1. The van der Waals surface area contributed by atoms with Crippen LogP contribution >= 0.6 is 0 Å². The van der Waals surface area contributed by atoms with Crippen LogP contribution in [-0.4, -0.2) is 40.5 Å². The molecule has 2 heterocycles. The Hall–Kier alpha value is -2.56. The highest BCUT2D eigenvalue weighted by molar-refractivity contribution is 5.94. The maximum Gasteiger partial charge on any atom is 0.254 e. The van der Waals surface area contributed by atoms with Crippen molar-refractivity contribution >= 4 is 11.7 Å². The number of carbonyl (C=O) groups is 1. The predicted molar refractivity (Wildman–Crippen MR) is 98.8 cm³/mol. The van der Waals surface area contributed by atoms with Crippen LogP contribution in [0.5, 0.6) is 5.75 Å². The number of phenolic OH excluding ortho intramolecular Hbond substituents is 1. The Labute approximate surface area is 148 Å². The van der Waals surface area contributed by atoms with Crippen molar-refractivity contribution in [2.24, 2.45) is 0 Å². The predicted octanol–water partition coefficient (Wildman–Crippen LogP) is 3.44. The third kappa shape index (κ3) is 4.10. The topological polar surface area (TPSA) is 56.7 Å². The first-order chi connectivity index (χ1) is 12.0. The second-order valence-corrected chi connectivity index (χ2v) is 6.77. The second kappa shape index (κ2) is 7.55. The fourth-order valence-corrected chi connectivity index (χ4v) is 3.31. The highest BCUT2D eigenvalue weighted by Crippen LogP contribution is 2.24. The molecule has 1 aliphatic heterocycles. The van der Waals surface area contributed by atoms with Gasteiger partial charge in [0, 0.05) is 37.9 Å². The van der Waals surface area contributed by atoms with Crippen LogP contribution in [0.1, 0.15) is 42.1 Å². The van der Waals surface area contributed by atoms with Gasteiger partial charge in [-0.3, -0.25) is 4.79 Å². The normalized spacial score (nSPS) is 17.4. The number of hydrogen-bond acceptors (Lipinski definition) is 4. The van der Waals surface area contributed by atoms with Crippen LogP contribution in [-0.2, 0) is 6.54 Å². The lowest BCUT2D eigenvalue weighted by molar-refractivity contribution is 0.0785. The number of nitrogens with zero attached hydrogens (tertiary/aromatic N) is 3. The maximum atomic E-state index is 12.8. The lowest BCUT2D eigenvalue weighted by Crippen LogP contribution is -2.38. The summed E-state index contributed by atoms with van der Waals surface area (Å²) in [5, 5.41) is 9.36. The molecule has 1 aliphatic rings. The minimum Gasteiger partial charge on any atom is -0.508 e. The standard InChI is InChI=1S/C20H25N3O2/c1-15-5-3-4-12-23(15)19-13-17(10-11-21-19)20(25)22(2)14-16-6-8-18(24)9-7-16/h6-11,13,15,24H,3-5,12,14H2,1-2H3/t15-/m0/s1. The lowest BCUT2D eigenvalue weighted by Gasteiger charge is -2.34. The molecule has 0 saturated carbocycles. The number of hydrogen-bond donors (Lipinski definition) is 1. The molecule has 0 unspecified atom stereocenters. The zero-order valence-electron chi connectivity index (χ0n) is 14.9. The van der Waals surface area contributed by atoms with Crippen molar-refractivity contribution in [3.8, 4) is 5.75 Å². The Morgan fingerprint density at radius 3 is 2.76 bits per heavy atom. The van der Waals surface area contributed by atoms with Crippen molar-refractivity contribution in [1.29, 1.82) is 0 Å². The Balaban J connectivity index is 1.73. The van der Waals surface area contributed by atoms with E-state index in [-0.39, 0.29) is 11.7 Å². The maximum absolute atomic E-state index is 12.8. The Bertz CT molecular complexity index is 730. The summed E-state index contributed by atoms with van der Waals surface area (Å²) in [5.74, 6) is 1.09. The van der Waals surface area contributed by atoms with Gasteiger partial charge in [0.2, 0.25) is 0 Å². The van der Waals surface area contributed by atoms with Crippen molar-refractivity contribution in [1.82, 2.24) is 9.88 Å².